The first-order valence-corrected chi connectivity index (χ1v) is 20.0. The molecule has 0 saturated carbocycles. The molecule has 0 fully saturated rings. The van der Waals surface area contributed by atoms with Crippen LogP contribution in [0.2, 0.25) is 0 Å². The van der Waals surface area contributed by atoms with Crippen LogP contribution in [0, 0.1) is 0 Å². The van der Waals surface area contributed by atoms with Gasteiger partial charge in [-0.05, 0) is 70.3 Å². The Morgan fingerprint density at radius 1 is 0.652 bits per heavy atom. The van der Waals surface area contributed by atoms with Crippen LogP contribution in [0.15, 0.2) is 36.6 Å². The maximum absolute atomic E-state index is 12.3. The van der Waals surface area contributed by atoms with Gasteiger partial charge >= 0.3 is 13.8 Å². The number of hydrogen-bond acceptors (Lipinski definition) is 7. The Morgan fingerprint density at radius 3 is 1.67 bits per heavy atom. The van der Waals surface area contributed by atoms with Crippen LogP contribution in [0.25, 0.3) is 0 Å². The number of nitrogens with two attached hydrogens (primary N) is 1. The van der Waals surface area contributed by atoms with E-state index in [1.165, 1.54) is 96.3 Å². The third-order valence-corrected chi connectivity index (χ3v) is 8.60. The molecular formula is C37H70NO7P. The van der Waals surface area contributed by atoms with E-state index in [4.69, 9.17) is 24.3 Å². The van der Waals surface area contributed by atoms with Crippen molar-refractivity contribution in [1.29, 1.82) is 0 Å². The van der Waals surface area contributed by atoms with Gasteiger partial charge in [0.05, 0.1) is 19.5 Å². The third-order valence-electron chi connectivity index (χ3n) is 7.62. The molecule has 270 valence electrons. The highest BCUT2D eigenvalue weighted by Gasteiger charge is 2.24. The van der Waals surface area contributed by atoms with Crippen molar-refractivity contribution in [1.82, 2.24) is 0 Å². The lowest BCUT2D eigenvalue weighted by atomic mass is 10.1. The molecule has 0 aliphatic carbocycles. The Hall–Kier alpha value is -1.44. The first-order valence-electron chi connectivity index (χ1n) is 18.5. The summed E-state index contributed by atoms with van der Waals surface area (Å²) in [4.78, 5) is 22.1. The summed E-state index contributed by atoms with van der Waals surface area (Å²) in [6.45, 7) is 4.13. The fraction of sp³-hybridized carbons (Fsp3) is 0.811. The van der Waals surface area contributed by atoms with E-state index in [1.807, 2.05) is 6.08 Å². The lowest BCUT2D eigenvalue weighted by Crippen LogP contribution is -2.25. The van der Waals surface area contributed by atoms with Gasteiger partial charge in [-0.3, -0.25) is 13.8 Å². The van der Waals surface area contributed by atoms with Gasteiger partial charge in [0.25, 0.3) is 0 Å². The van der Waals surface area contributed by atoms with Crippen molar-refractivity contribution >= 4 is 13.8 Å². The number of esters is 1. The van der Waals surface area contributed by atoms with E-state index < -0.39 is 13.9 Å². The zero-order chi connectivity index (χ0) is 33.8. The minimum absolute atomic E-state index is 0.0710. The van der Waals surface area contributed by atoms with E-state index in [-0.39, 0.29) is 32.3 Å². The number of hydrogen-bond donors (Lipinski definition) is 2. The first-order chi connectivity index (χ1) is 22.4. The maximum atomic E-state index is 12.3. The summed E-state index contributed by atoms with van der Waals surface area (Å²) >= 11 is 0. The average Bonchev–Trinajstić information content (AvgIpc) is 3.05. The van der Waals surface area contributed by atoms with Gasteiger partial charge in [0, 0.05) is 13.0 Å². The number of ether oxygens (including phenoxy) is 2. The largest absolute Gasteiger partial charge is 0.492 e. The molecule has 0 amide bonds. The molecule has 0 saturated heterocycles. The third kappa shape index (κ3) is 33.9. The van der Waals surface area contributed by atoms with Gasteiger partial charge in [0.15, 0.2) is 6.10 Å². The summed E-state index contributed by atoms with van der Waals surface area (Å²) in [7, 11) is -4.26. The van der Waals surface area contributed by atoms with Crippen molar-refractivity contribution in [2.75, 3.05) is 26.4 Å². The van der Waals surface area contributed by atoms with Crippen molar-refractivity contribution in [3.05, 3.63) is 36.6 Å². The van der Waals surface area contributed by atoms with Gasteiger partial charge in [-0.15, -0.1) is 0 Å². The first kappa shape index (κ1) is 44.6. The number of phosphoric ester groups is 1. The zero-order valence-electron chi connectivity index (χ0n) is 29.6. The van der Waals surface area contributed by atoms with Crippen LogP contribution >= 0.6 is 7.82 Å². The normalized spacial score (nSPS) is 14.0. The summed E-state index contributed by atoms with van der Waals surface area (Å²) in [6.07, 6.45) is 38.3. The van der Waals surface area contributed by atoms with Crippen LogP contribution in [-0.2, 0) is 27.9 Å². The van der Waals surface area contributed by atoms with E-state index in [0.29, 0.717) is 6.42 Å². The standard InChI is InChI=1S/C37H70NO7P/c1-3-5-7-9-11-13-15-16-17-18-19-21-23-25-27-29-32-42-36(35-45-46(40,41)44-33-31-38)34-43-37(39)30-28-26-24-22-20-14-12-10-8-6-4-2/h10,12-13,15,29,32,36H,3-9,11,14,16-28,30-31,33-35,38H2,1-2H3,(H,40,41)/t36-/m1/s1. The van der Waals surface area contributed by atoms with E-state index in [1.54, 1.807) is 6.26 Å². The summed E-state index contributed by atoms with van der Waals surface area (Å²) in [5, 5.41) is 0. The fourth-order valence-corrected chi connectivity index (χ4v) is 5.54. The minimum atomic E-state index is -4.26. The molecule has 3 N–H and O–H groups in total. The van der Waals surface area contributed by atoms with Crippen molar-refractivity contribution in [2.45, 2.75) is 168 Å². The molecule has 0 aliphatic rings. The second-order valence-corrected chi connectivity index (χ2v) is 13.6. The molecule has 0 aliphatic heterocycles. The van der Waals surface area contributed by atoms with Crippen LogP contribution in [0.5, 0.6) is 0 Å². The van der Waals surface area contributed by atoms with Gasteiger partial charge in [-0.1, -0.05) is 115 Å². The SMILES string of the molecule is CCCCC=CCCCCCCCC(=O)OC[C@H](COP(=O)(O)OCCN)OC=CCCCCCCCCC=CCCCCCC. The second kappa shape index (κ2) is 34.9. The molecule has 0 bridgehead atoms. The Kier molecular flexibility index (Phi) is 33.8. The number of carbonyl (C=O) groups excluding carboxylic acids is 1. The molecule has 2 atom stereocenters. The van der Waals surface area contributed by atoms with Crippen LogP contribution in [0.4, 0.5) is 0 Å². The molecule has 1 unspecified atom stereocenters. The molecule has 0 heterocycles. The van der Waals surface area contributed by atoms with Crippen LogP contribution < -0.4 is 5.73 Å². The Bertz CT molecular complexity index is 803. The predicted octanol–water partition coefficient (Wildman–Crippen LogP) is 10.6. The summed E-state index contributed by atoms with van der Waals surface area (Å²) in [5.41, 5.74) is 5.34. The molecule has 0 radical (unpaired) electrons. The van der Waals surface area contributed by atoms with E-state index in [9.17, 15) is 14.3 Å². The van der Waals surface area contributed by atoms with E-state index in [2.05, 4.69) is 38.2 Å². The Balaban J connectivity index is 4.18. The number of rotatable bonds is 35. The molecule has 0 rings (SSSR count). The lowest BCUT2D eigenvalue weighted by molar-refractivity contribution is -0.147. The Morgan fingerprint density at radius 2 is 1.13 bits per heavy atom. The summed E-state index contributed by atoms with van der Waals surface area (Å²) in [5.74, 6) is -0.304. The minimum Gasteiger partial charge on any atom is -0.492 e. The van der Waals surface area contributed by atoms with Crippen LogP contribution in [0.3, 0.4) is 0 Å². The van der Waals surface area contributed by atoms with Crippen molar-refractivity contribution in [3.63, 3.8) is 0 Å². The molecule has 9 heteroatoms. The molecule has 0 aromatic heterocycles. The highest BCUT2D eigenvalue weighted by molar-refractivity contribution is 7.47. The molecular weight excluding hydrogens is 601 g/mol. The quantitative estimate of drug-likeness (QED) is 0.0225. The monoisotopic (exact) mass is 671 g/mol. The smallest absolute Gasteiger partial charge is 0.472 e. The summed E-state index contributed by atoms with van der Waals surface area (Å²) < 4.78 is 33.0. The van der Waals surface area contributed by atoms with E-state index in [0.717, 1.165) is 44.9 Å². The van der Waals surface area contributed by atoms with Crippen molar-refractivity contribution in [2.24, 2.45) is 5.73 Å². The molecule has 0 aromatic rings. The molecule has 0 spiro atoms. The van der Waals surface area contributed by atoms with Gasteiger partial charge in [0.1, 0.15) is 6.61 Å². The fourth-order valence-electron chi connectivity index (χ4n) is 4.78. The van der Waals surface area contributed by atoms with Crippen LogP contribution in [0.1, 0.15) is 162 Å². The van der Waals surface area contributed by atoms with E-state index >= 15 is 0 Å². The second-order valence-electron chi connectivity index (χ2n) is 12.1. The Labute approximate surface area is 282 Å². The summed E-state index contributed by atoms with van der Waals surface area (Å²) in [6, 6.07) is 0. The van der Waals surface area contributed by atoms with Gasteiger partial charge < -0.3 is 20.1 Å². The van der Waals surface area contributed by atoms with Crippen molar-refractivity contribution in [3.8, 4) is 0 Å². The maximum Gasteiger partial charge on any atom is 0.472 e. The van der Waals surface area contributed by atoms with Crippen LogP contribution in [-0.4, -0.2) is 43.3 Å². The molecule has 46 heavy (non-hydrogen) atoms. The van der Waals surface area contributed by atoms with Crippen molar-refractivity contribution < 1.29 is 32.8 Å². The lowest BCUT2D eigenvalue weighted by Gasteiger charge is -2.19. The molecule has 8 nitrogen and oxygen atoms in total. The van der Waals surface area contributed by atoms with Gasteiger partial charge in [-0.2, -0.15) is 0 Å². The predicted molar refractivity (Wildman–Crippen MR) is 192 cm³/mol. The molecule has 0 aromatic carbocycles. The van der Waals surface area contributed by atoms with Gasteiger partial charge in [-0.25, -0.2) is 4.57 Å². The van der Waals surface area contributed by atoms with Gasteiger partial charge in [0.2, 0.25) is 0 Å². The topological polar surface area (TPSA) is 117 Å². The number of allylic oxidation sites excluding steroid dienone is 5. The zero-order valence-corrected chi connectivity index (χ0v) is 30.4. The number of carbonyl (C=O) groups is 1. The highest BCUT2D eigenvalue weighted by Crippen LogP contribution is 2.43. The number of phosphoric acid groups is 1. The highest BCUT2D eigenvalue weighted by atomic mass is 31.2. The number of unbranched alkanes of at least 4 members (excludes halogenated alkanes) is 18. The average molecular weight is 672 g/mol.